The number of nitrogens with zero attached hydrogens (tertiary/aromatic N) is 2. The van der Waals surface area contributed by atoms with Crippen molar-refractivity contribution >= 4 is 17.3 Å². The topological polar surface area (TPSA) is 74.7 Å². The lowest BCUT2D eigenvalue weighted by Crippen LogP contribution is -2.49. The molecule has 0 saturated carbocycles. The quantitative estimate of drug-likeness (QED) is 0.408. The van der Waals surface area contributed by atoms with Gasteiger partial charge in [-0.15, -0.1) is 0 Å². The number of carbonyl (C=O) groups excluding carboxylic acids is 1. The van der Waals surface area contributed by atoms with Crippen molar-refractivity contribution in [3.8, 4) is 11.1 Å². The van der Waals surface area contributed by atoms with Gasteiger partial charge < -0.3 is 20.1 Å². The second kappa shape index (κ2) is 10.7. The van der Waals surface area contributed by atoms with E-state index in [1.165, 1.54) is 19.2 Å². The van der Waals surface area contributed by atoms with E-state index in [0.29, 0.717) is 28.6 Å². The number of anilines is 2. The number of amides is 1. The molecule has 11 heteroatoms. The van der Waals surface area contributed by atoms with Gasteiger partial charge in [0.1, 0.15) is 11.5 Å². The van der Waals surface area contributed by atoms with E-state index in [9.17, 15) is 23.1 Å². The smallest absolute Gasteiger partial charge is 0.393 e. The molecular formula is C27H26F5N3O3. The summed E-state index contributed by atoms with van der Waals surface area (Å²) in [7, 11) is 1.50. The molecule has 202 valence electrons. The molecule has 1 aliphatic heterocycles. The minimum Gasteiger partial charge on any atom is -0.393 e. The molecule has 1 aromatic heterocycles. The summed E-state index contributed by atoms with van der Waals surface area (Å²) in [5, 5.41) is 12.1. The first-order valence-electron chi connectivity index (χ1n) is 11.8. The third-order valence-corrected chi connectivity index (χ3v) is 6.45. The number of methoxy groups -OCH3 is 1. The monoisotopic (exact) mass is 535 g/mol. The average Bonchev–Trinajstić information content (AvgIpc) is 2.88. The number of alkyl halides is 4. The molecule has 38 heavy (non-hydrogen) atoms. The molecule has 0 bridgehead atoms. The summed E-state index contributed by atoms with van der Waals surface area (Å²) in [4.78, 5) is 17.6. The number of fused-ring (bicyclic) bond motifs is 1. The van der Waals surface area contributed by atoms with Crippen molar-refractivity contribution in [2.45, 2.75) is 25.2 Å². The number of aliphatic hydroxyl groups excluding tert-OH is 1. The summed E-state index contributed by atoms with van der Waals surface area (Å²) in [5.74, 6) is -1.40. The van der Waals surface area contributed by atoms with Gasteiger partial charge in [-0.3, -0.25) is 9.78 Å². The van der Waals surface area contributed by atoms with Gasteiger partial charge in [-0.1, -0.05) is 6.07 Å². The first-order valence-corrected chi connectivity index (χ1v) is 11.8. The Morgan fingerprint density at radius 2 is 1.97 bits per heavy atom. The van der Waals surface area contributed by atoms with Gasteiger partial charge in [0.25, 0.3) is 5.91 Å². The molecule has 1 atom stereocenters. The lowest BCUT2D eigenvalue weighted by Gasteiger charge is -2.39. The van der Waals surface area contributed by atoms with E-state index in [4.69, 9.17) is 4.74 Å². The highest BCUT2D eigenvalue weighted by atomic mass is 19.4. The van der Waals surface area contributed by atoms with Gasteiger partial charge in [0, 0.05) is 48.8 Å². The van der Waals surface area contributed by atoms with Crippen LogP contribution in [0.2, 0.25) is 0 Å². The summed E-state index contributed by atoms with van der Waals surface area (Å²) < 4.78 is 74.5. The van der Waals surface area contributed by atoms with Crippen molar-refractivity contribution in [3.05, 3.63) is 76.9 Å². The van der Waals surface area contributed by atoms with Crippen LogP contribution >= 0.6 is 0 Å². The molecule has 4 rings (SSSR count). The van der Waals surface area contributed by atoms with Gasteiger partial charge in [-0.2, -0.15) is 13.2 Å². The molecule has 2 heterocycles. The number of pyridine rings is 1. The van der Waals surface area contributed by atoms with Gasteiger partial charge >= 0.3 is 6.18 Å². The van der Waals surface area contributed by atoms with E-state index in [0.717, 1.165) is 11.8 Å². The molecule has 2 aromatic carbocycles. The maximum absolute atomic E-state index is 15.3. The second-order valence-electron chi connectivity index (χ2n) is 9.27. The molecule has 0 spiro atoms. The Hall–Kier alpha value is -3.57. The second-order valence-corrected chi connectivity index (χ2v) is 9.27. The molecule has 1 amide bonds. The SMILES string of the molecule is COCCN1C[C@@](F)(CO)Cc2c(F)cc(-c3cc(NC(=O)c4ccnc(C(F)(F)F)c4)ccc3C)cc21. The van der Waals surface area contributed by atoms with Crippen LogP contribution in [0.4, 0.5) is 33.3 Å². The molecule has 2 N–H and O–H groups in total. The molecule has 6 nitrogen and oxygen atoms in total. The molecule has 3 aromatic rings. The number of halogens is 5. The highest BCUT2D eigenvalue weighted by molar-refractivity contribution is 6.04. The van der Waals surface area contributed by atoms with Crippen molar-refractivity contribution in [3.63, 3.8) is 0 Å². The molecular weight excluding hydrogens is 509 g/mol. The number of aliphatic hydroxyl groups is 1. The number of aryl methyl sites for hydroxylation is 1. The Morgan fingerprint density at radius 1 is 1.21 bits per heavy atom. The van der Waals surface area contributed by atoms with Crippen LogP contribution in [-0.2, 0) is 17.3 Å². The van der Waals surface area contributed by atoms with Crippen LogP contribution in [0, 0.1) is 12.7 Å². The Kier molecular flexibility index (Phi) is 7.70. The maximum Gasteiger partial charge on any atom is 0.433 e. The molecule has 0 fully saturated rings. The van der Waals surface area contributed by atoms with E-state index < -0.39 is 35.9 Å². The Morgan fingerprint density at radius 3 is 2.66 bits per heavy atom. The number of rotatable bonds is 7. The Balaban J connectivity index is 1.68. The van der Waals surface area contributed by atoms with Crippen LogP contribution in [0.3, 0.4) is 0 Å². The first-order chi connectivity index (χ1) is 17.9. The Bertz CT molecular complexity index is 1350. The number of carbonyl (C=O) groups is 1. The van der Waals surface area contributed by atoms with Crippen molar-refractivity contribution in [2.24, 2.45) is 0 Å². The van der Waals surface area contributed by atoms with Gasteiger partial charge in [0.15, 0.2) is 5.67 Å². The zero-order valence-electron chi connectivity index (χ0n) is 20.7. The van der Waals surface area contributed by atoms with E-state index in [1.54, 1.807) is 36.1 Å². The van der Waals surface area contributed by atoms with Crippen LogP contribution in [-0.4, -0.2) is 55.1 Å². The predicted octanol–water partition coefficient (Wildman–Crippen LogP) is 5.18. The molecule has 0 unspecified atom stereocenters. The summed E-state index contributed by atoms with van der Waals surface area (Å²) in [6.45, 7) is 1.44. The van der Waals surface area contributed by atoms with Crippen molar-refractivity contribution in [1.82, 2.24) is 4.98 Å². The molecule has 0 aliphatic carbocycles. The van der Waals surface area contributed by atoms with E-state index in [1.807, 2.05) is 0 Å². The van der Waals surface area contributed by atoms with Crippen molar-refractivity contribution in [2.75, 3.05) is 43.6 Å². The fourth-order valence-electron chi connectivity index (χ4n) is 4.48. The maximum atomic E-state index is 15.3. The largest absolute Gasteiger partial charge is 0.433 e. The number of benzene rings is 2. The van der Waals surface area contributed by atoms with Crippen LogP contribution < -0.4 is 10.2 Å². The van der Waals surface area contributed by atoms with Gasteiger partial charge in [-0.05, 0) is 60.0 Å². The lowest BCUT2D eigenvalue weighted by atomic mass is 9.87. The molecule has 0 saturated heterocycles. The van der Waals surface area contributed by atoms with E-state index >= 15 is 8.78 Å². The lowest BCUT2D eigenvalue weighted by molar-refractivity contribution is -0.141. The molecule has 1 aliphatic rings. The van der Waals surface area contributed by atoms with Crippen LogP contribution in [0.5, 0.6) is 0 Å². The Labute approximate surface area is 216 Å². The minimum atomic E-state index is -4.69. The summed E-state index contributed by atoms with van der Waals surface area (Å²) in [6.07, 6.45) is -4.07. The fraction of sp³-hybridized carbons (Fsp3) is 0.333. The number of ether oxygens (including phenoxy) is 1. The summed E-state index contributed by atoms with van der Waals surface area (Å²) in [5.41, 5.74) is -0.702. The normalized spacial score (nSPS) is 17.3. The van der Waals surface area contributed by atoms with Crippen LogP contribution in [0.25, 0.3) is 11.1 Å². The minimum absolute atomic E-state index is 0.135. The van der Waals surface area contributed by atoms with Crippen molar-refractivity contribution < 1.29 is 36.6 Å². The average molecular weight is 536 g/mol. The number of hydrogen-bond acceptors (Lipinski definition) is 5. The zero-order valence-corrected chi connectivity index (χ0v) is 20.7. The third kappa shape index (κ3) is 5.78. The van der Waals surface area contributed by atoms with Gasteiger partial charge in [-0.25, -0.2) is 8.78 Å². The van der Waals surface area contributed by atoms with Crippen LogP contribution in [0.1, 0.15) is 27.2 Å². The predicted molar refractivity (Wildman–Crippen MR) is 132 cm³/mol. The zero-order chi connectivity index (χ0) is 27.7. The first kappa shape index (κ1) is 27.5. The highest BCUT2D eigenvalue weighted by Gasteiger charge is 2.39. The standard InChI is InChI=1S/C27H26F5N3O3/c1-16-3-4-19(34-25(37)17-5-6-33-24(11-17)27(30,31)32)12-20(16)18-9-22(28)21-13-26(29,15-36)14-35(7-8-38-2)23(21)10-18/h3-6,9-12,36H,7-8,13-15H2,1-2H3,(H,34,37)/t26-/m1/s1. The van der Waals surface area contributed by atoms with E-state index in [-0.39, 0.29) is 37.2 Å². The van der Waals surface area contributed by atoms with Crippen LogP contribution in [0.15, 0.2) is 48.7 Å². The third-order valence-electron chi connectivity index (χ3n) is 6.45. The number of nitrogens with one attached hydrogen (secondary N) is 1. The van der Waals surface area contributed by atoms with E-state index in [2.05, 4.69) is 10.3 Å². The molecule has 0 radical (unpaired) electrons. The van der Waals surface area contributed by atoms with Gasteiger partial charge in [0.2, 0.25) is 0 Å². The summed E-state index contributed by atoms with van der Waals surface area (Å²) >= 11 is 0. The fourth-order valence-corrected chi connectivity index (χ4v) is 4.48. The highest BCUT2D eigenvalue weighted by Crippen LogP contribution is 2.39. The number of hydrogen-bond donors (Lipinski definition) is 2. The van der Waals surface area contributed by atoms with Gasteiger partial charge in [0.05, 0.1) is 19.8 Å². The number of aromatic nitrogens is 1. The van der Waals surface area contributed by atoms with Crippen molar-refractivity contribution in [1.29, 1.82) is 0 Å². The summed E-state index contributed by atoms with van der Waals surface area (Å²) in [6, 6.07) is 9.69.